The number of fused-ring (bicyclic) bond motifs is 1. The lowest BCUT2D eigenvalue weighted by Crippen LogP contribution is -2.38. The van der Waals surface area contributed by atoms with Gasteiger partial charge in [-0.1, -0.05) is 26.8 Å². The Labute approximate surface area is 237 Å². The average molecular weight is 612 g/mol. The lowest BCUT2D eigenvalue weighted by atomic mass is 9.81. The van der Waals surface area contributed by atoms with Crippen molar-refractivity contribution in [3.63, 3.8) is 0 Å². The molecule has 3 fully saturated rings. The summed E-state index contributed by atoms with van der Waals surface area (Å²) in [6.45, 7) is 4.94. The summed E-state index contributed by atoms with van der Waals surface area (Å²) in [7, 11) is 0. The number of carbonyl (C=O) groups excluding carboxylic acids is 1. The van der Waals surface area contributed by atoms with E-state index in [1.165, 1.54) is 12.1 Å². The molecule has 3 aliphatic rings. The number of hydrogen-bond donors (Lipinski definition) is 1. The van der Waals surface area contributed by atoms with Crippen LogP contribution in [0.4, 0.5) is 26.3 Å². The van der Waals surface area contributed by atoms with Crippen molar-refractivity contribution in [2.24, 2.45) is 17.3 Å². The fraction of sp³-hybridized carbons (Fsp3) is 0.704. The van der Waals surface area contributed by atoms with E-state index in [1.807, 2.05) is 20.8 Å². The van der Waals surface area contributed by atoms with Gasteiger partial charge in [0.2, 0.25) is 29.0 Å². The highest BCUT2D eigenvalue weighted by atomic mass is 32.2. The van der Waals surface area contributed by atoms with Gasteiger partial charge in [-0.25, -0.2) is 22.4 Å². The minimum Gasteiger partial charge on any atom is -0.438 e. The lowest BCUT2D eigenvalue weighted by molar-refractivity contribution is -0.187. The van der Waals surface area contributed by atoms with E-state index >= 15 is 4.39 Å². The molecule has 0 radical (unpaired) electrons. The van der Waals surface area contributed by atoms with Crippen molar-refractivity contribution in [1.29, 1.82) is 0 Å². The predicted molar refractivity (Wildman–Crippen MR) is 139 cm³/mol. The molecule has 1 amide bonds. The zero-order chi connectivity index (χ0) is 29.9. The van der Waals surface area contributed by atoms with Crippen molar-refractivity contribution < 1.29 is 45.4 Å². The van der Waals surface area contributed by atoms with Gasteiger partial charge in [0.05, 0.1) is 12.6 Å². The average Bonchev–Trinajstić information content (AvgIpc) is 3.45. The summed E-state index contributed by atoms with van der Waals surface area (Å²) in [5, 5.41) is 2.87. The summed E-state index contributed by atoms with van der Waals surface area (Å²) in [6.07, 6.45) is -6.11. The highest BCUT2D eigenvalue weighted by Gasteiger charge is 2.53. The molecule has 0 spiro atoms. The first-order valence-corrected chi connectivity index (χ1v) is 14.7. The number of alkyl halides is 5. The van der Waals surface area contributed by atoms with Crippen LogP contribution in [0, 0.1) is 23.1 Å². The molecule has 7 nitrogen and oxygen atoms in total. The molecule has 2 heterocycles. The Hall–Kier alpha value is -2.19. The third-order valence-corrected chi connectivity index (χ3v) is 9.01. The molecule has 1 aromatic heterocycles. The predicted octanol–water partition coefficient (Wildman–Crippen LogP) is 6.92. The Kier molecular flexibility index (Phi) is 7.99. The van der Waals surface area contributed by atoms with Gasteiger partial charge in [-0.2, -0.15) is 17.5 Å². The molecule has 3 unspecified atom stereocenters. The van der Waals surface area contributed by atoms with E-state index < -0.39 is 59.8 Å². The van der Waals surface area contributed by atoms with Crippen LogP contribution in [0.5, 0.6) is 0 Å². The van der Waals surface area contributed by atoms with Crippen LogP contribution < -0.4 is 5.32 Å². The third kappa shape index (κ3) is 6.74. The standard InChI is InChI=1S/C27H33F6N3O4S.H2/c1-25(2,3)12-19(37)34-21(14-8-10-26(29,30)11-9-14)24-35-22-17(39-24)7-6-16(20(22)28)23(15-4-5-15)36-13-18(27(31,32)33)40-41(36)38;/h6-7,14-15,18,21,23H,4-5,8-13H2,1-3H3,(H,34,37);1H/t18?,21-,23?,41?;/m0./s1. The van der Waals surface area contributed by atoms with Gasteiger partial charge >= 0.3 is 6.18 Å². The van der Waals surface area contributed by atoms with Crippen LogP contribution in [-0.2, 0) is 20.2 Å². The second-order valence-electron chi connectivity index (χ2n) is 12.6. The Balaban J connectivity index is 0.00000405. The summed E-state index contributed by atoms with van der Waals surface area (Å²) in [4.78, 5) is 17.2. The Morgan fingerprint density at radius 3 is 2.39 bits per heavy atom. The Morgan fingerprint density at radius 2 is 1.83 bits per heavy atom. The molecule has 2 aliphatic carbocycles. The van der Waals surface area contributed by atoms with Gasteiger partial charge in [0, 0.05) is 26.3 Å². The summed E-state index contributed by atoms with van der Waals surface area (Å²) < 4.78 is 108. The molecular formula is C27H35F6N3O4S. The number of hydrogen-bond acceptors (Lipinski definition) is 5. The number of nitrogens with one attached hydrogen (secondary N) is 1. The summed E-state index contributed by atoms with van der Waals surface area (Å²) in [5.41, 5.74) is -0.486. The van der Waals surface area contributed by atoms with E-state index in [0.717, 1.165) is 4.31 Å². The van der Waals surface area contributed by atoms with Crippen LogP contribution in [0.1, 0.15) is 90.7 Å². The Bertz CT molecular complexity index is 1320. The first-order chi connectivity index (χ1) is 19.0. The maximum atomic E-state index is 16.0. The van der Waals surface area contributed by atoms with Crippen molar-refractivity contribution in [3.05, 3.63) is 29.4 Å². The van der Waals surface area contributed by atoms with Crippen LogP contribution in [0.15, 0.2) is 16.5 Å². The van der Waals surface area contributed by atoms with E-state index in [9.17, 15) is 31.0 Å². The molecule has 1 N–H and O–H groups in total. The zero-order valence-electron chi connectivity index (χ0n) is 22.9. The molecule has 5 rings (SSSR count). The molecule has 2 saturated carbocycles. The van der Waals surface area contributed by atoms with Crippen LogP contribution in [0.2, 0.25) is 0 Å². The second-order valence-corrected chi connectivity index (χ2v) is 13.7. The van der Waals surface area contributed by atoms with Gasteiger partial charge in [0.15, 0.2) is 17.5 Å². The monoisotopic (exact) mass is 611 g/mol. The number of halogens is 6. The lowest BCUT2D eigenvalue weighted by Gasteiger charge is -2.33. The van der Waals surface area contributed by atoms with Gasteiger partial charge in [-0.05, 0) is 49.0 Å². The highest BCUT2D eigenvalue weighted by molar-refractivity contribution is 7.78. The van der Waals surface area contributed by atoms with Gasteiger partial charge in [0.25, 0.3) is 0 Å². The van der Waals surface area contributed by atoms with Gasteiger partial charge < -0.3 is 9.73 Å². The number of oxazole rings is 1. The van der Waals surface area contributed by atoms with Crippen LogP contribution >= 0.6 is 0 Å². The molecule has 4 atom stereocenters. The second kappa shape index (κ2) is 10.8. The molecule has 1 aliphatic heterocycles. The fourth-order valence-electron chi connectivity index (χ4n) is 5.67. The highest BCUT2D eigenvalue weighted by Crippen LogP contribution is 2.49. The van der Waals surface area contributed by atoms with Crippen LogP contribution in [-0.4, -0.2) is 44.2 Å². The maximum absolute atomic E-state index is 16.0. The summed E-state index contributed by atoms with van der Waals surface area (Å²) in [5.74, 6) is -4.63. The zero-order valence-corrected chi connectivity index (χ0v) is 23.7. The maximum Gasteiger partial charge on any atom is 0.417 e. The number of rotatable bonds is 7. The first kappa shape index (κ1) is 30.3. The van der Waals surface area contributed by atoms with Gasteiger partial charge in [0.1, 0.15) is 11.6 Å². The molecule has 2 aromatic rings. The molecule has 1 aromatic carbocycles. The van der Waals surface area contributed by atoms with Crippen molar-refractivity contribution in [2.45, 2.75) is 96.0 Å². The molecule has 14 heteroatoms. The smallest absolute Gasteiger partial charge is 0.417 e. The quantitative estimate of drug-likeness (QED) is 0.344. The summed E-state index contributed by atoms with van der Waals surface area (Å²) in [6, 6.07) is 1.00. The van der Waals surface area contributed by atoms with E-state index in [1.54, 1.807) is 0 Å². The summed E-state index contributed by atoms with van der Waals surface area (Å²) >= 11 is -2.42. The number of amides is 1. The number of benzene rings is 1. The van der Waals surface area contributed by atoms with E-state index in [4.69, 9.17) is 4.42 Å². The molecule has 0 bridgehead atoms. The van der Waals surface area contributed by atoms with Gasteiger partial charge in [-0.3, -0.25) is 8.98 Å². The van der Waals surface area contributed by atoms with Crippen LogP contribution in [0.3, 0.4) is 0 Å². The normalized spacial score (nSPS) is 25.9. The largest absolute Gasteiger partial charge is 0.438 e. The van der Waals surface area contributed by atoms with Crippen molar-refractivity contribution in [1.82, 2.24) is 14.6 Å². The topological polar surface area (TPSA) is 84.7 Å². The first-order valence-electron chi connectivity index (χ1n) is 13.7. The van der Waals surface area contributed by atoms with Crippen LogP contribution in [0.25, 0.3) is 11.1 Å². The number of carbonyl (C=O) groups is 1. The van der Waals surface area contributed by atoms with Crippen molar-refractivity contribution in [3.8, 4) is 0 Å². The molecular weight excluding hydrogens is 576 g/mol. The minimum absolute atomic E-state index is 0. The number of nitrogens with zero attached hydrogens (tertiary/aromatic N) is 2. The SMILES string of the molecule is CC(C)(C)CC(=O)N[C@H](c1nc2c(F)c(C(C3CC3)N3CC(C(F)(F)F)OS3=O)ccc2o1)C1CCC(F)(F)CC1.[HH]. The minimum atomic E-state index is -4.72. The van der Waals surface area contributed by atoms with E-state index in [-0.39, 0.29) is 73.3 Å². The molecule has 41 heavy (non-hydrogen) atoms. The van der Waals surface area contributed by atoms with Gasteiger partial charge in [-0.15, -0.1) is 0 Å². The number of aromatic nitrogens is 1. The molecule has 1 saturated heterocycles. The van der Waals surface area contributed by atoms with Crippen molar-refractivity contribution >= 4 is 28.3 Å². The third-order valence-electron chi connectivity index (χ3n) is 7.85. The van der Waals surface area contributed by atoms with Crippen molar-refractivity contribution in [2.75, 3.05) is 6.54 Å². The Morgan fingerprint density at radius 1 is 1.17 bits per heavy atom. The molecule has 230 valence electrons. The van der Waals surface area contributed by atoms with E-state index in [0.29, 0.717) is 12.8 Å². The van der Waals surface area contributed by atoms with E-state index in [2.05, 4.69) is 14.5 Å². The fourth-order valence-corrected chi connectivity index (χ4v) is 6.88.